The van der Waals surface area contributed by atoms with Gasteiger partial charge in [-0.15, -0.1) is 5.10 Å². The second kappa shape index (κ2) is 5.44. The number of aromatic nitrogens is 4. The van der Waals surface area contributed by atoms with E-state index >= 15 is 0 Å². The van der Waals surface area contributed by atoms with E-state index in [9.17, 15) is 4.79 Å². The summed E-state index contributed by atoms with van der Waals surface area (Å²) in [5.41, 5.74) is 2.66. The van der Waals surface area contributed by atoms with Crippen LogP contribution < -0.4 is 0 Å². The third-order valence-electron chi connectivity index (χ3n) is 4.14. The van der Waals surface area contributed by atoms with Gasteiger partial charge in [-0.3, -0.25) is 9.78 Å². The SMILES string of the molecule is O=C(CO)N1CC(n2cc(-c3ccc4cccnc4c3)nn2)C1. The van der Waals surface area contributed by atoms with Gasteiger partial charge >= 0.3 is 0 Å². The summed E-state index contributed by atoms with van der Waals surface area (Å²) >= 11 is 0. The molecule has 0 saturated carbocycles. The molecule has 1 aromatic carbocycles. The number of benzene rings is 1. The van der Waals surface area contributed by atoms with Crippen molar-refractivity contribution in [2.24, 2.45) is 0 Å². The number of fused-ring (bicyclic) bond motifs is 1. The van der Waals surface area contributed by atoms with Crippen LogP contribution >= 0.6 is 0 Å². The van der Waals surface area contributed by atoms with Crippen molar-refractivity contribution >= 4 is 16.8 Å². The molecule has 2 aromatic heterocycles. The van der Waals surface area contributed by atoms with Crippen molar-refractivity contribution in [2.75, 3.05) is 19.7 Å². The van der Waals surface area contributed by atoms with Crippen molar-refractivity contribution in [1.29, 1.82) is 0 Å². The number of carbonyl (C=O) groups is 1. The van der Waals surface area contributed by atoms with Crippen molar-refractivity contribution in [3.05, 3.63) is 42.7 Å². The molecule has 1 N–H and O–H groups in total. The molecular formula is C16H15N5O2. The maximum absolute atomic E-state index is 11.3. The first-order chi connectivity index (χ1) is 11.2. The Morgan fingerprint density at radius 3 is 3.00 bits per heavy atom. The highest BCUT2D eigenvalue weighted by Crippen LogP contribution is 2.25. The fourth-order valence-corrected chi connectivity index (χ4v) is 2.74. The maximum Gasteiger partial charge on any atom is 0.248 e. The summed E-state index contributed by atoms with van der Waals surface area (Å²) in [4.78, 5) is 17.3. The number of aliphatic hydroxyl groups is 1. The van der Waals surface area contributed by atoms with Crippen LogP contribution in [0.2, 0.25) is 0 Å². The van der Waals surface area contributed by atoms with Gasteiger partial charge < -0.3 is 10.0 Å². The van der Waals surface area contributed by atoms with Crippen LogP contribution in [0.15, 0.2) is 42.7 Å². The second-order valence-corrected chi connectivity index (χ2v) is 5.61. The minimum atomic E-state index is -0.445. The molecule has 0 atom stereocenters. The summed E-state index contributed by atoms with van der Waals surface area (Å²) in [5.74, 6) is -0.248. The van der Waals surface area contributed by atoms with Crippen LogP contribution in [0, 0.1) is 0 Å². The predicted molar refractivity (Wildman–Crippen MR) is 83.5 cm³/mol. The lowest BCUT2D eigenvalue weighted by molar-refractivity contribution is -0.140. The molecule has 0 spiro atoms. The average molecular weight is 309 g/mol. The number of rotatable bonds is 3. The quantitative estimate of drug-likeness (QED) is 0.776. The van der Waals surface area contributed by atoms with Crippen LogP contribution in [-0.4, -0.2) is 55.6 Å². The van der Waals surface area contributed by atoms with Gasteiger partial charge in [0.15, 0.2) is 0 Å². The number of hydrogen-bond acceptors (Lipinski definition) is 5. The number of nitrogens with zero attached hydrogens (tertiary/aromatic N) is 5. The smallest absolute Gasteiger partial charge is 0.248 e. The highest BCUT2D eigenvalue weighted by Gasteiger charge is 2.32. The molecule has 0 unspecified atom stereocenters. The van der Waals surface area contributed by atoms with Crippen LogP contribution in [0.4, 0.5) is 0 Å². The number of amides is 1. The van der Waals surface area contributed by atoms with Crippen LogP contribution in [-0.2, 0) is 4.79 Å². The van der Waals surface area contributed by atoms with Gasteiger partial charge in [-0.25, -0.2) is 4.68 Å². The molecule has 7 nitrogen and oxygen atoms in total. The fourth-order valence-electron chi connectivity index (χ4n) is 2.74. The zero-order chi connectivity index (χ0) is 15.8. The molecule has 1 fully saturated rings. The molecule has 3 heterocycles. The minimum absolute atomic E-state index is 0.116. The molecule has 3 aromatic rings. The molecule has 0 radical (unpaired) electrons. The Balaban J connectivity index is 1.54. The monoisotopic (exact) mass is 309 g/mol. The molecule has 1 aliphatic rings. The third kappa shape index (κ3) is 2.44. The van der Waals surface area contributed by atoms with Gasteiger partial charge in [0.2, 0.25) is 5.91 Å². The van der Waals surface area contributed by atoms with Crippen LogP contribution in [0.1, 0.15) is 6.04 Å². The number of likely N-dealkylation sites (tertiary alicyclic amines) is 1. The zero-order valence-electron chi connectivity index (χ0n) is 12.3. The van der Waals surface area contributed by atoms with Crippen LogP contribution in [0.25, 0.3) is 22.2 Å². The molecule has 1 aliphatic heterocycles. The van der Waals surface area contributed by atoms with Crippen molar-refractivity contribution in [1.82, 2.24) is 24.9 Å². The number of aliphatic hydroxyl groups excluding tert-OH is 1. The zero-order valence-corrected chi connectivity index (χ0v) is 12.3. The first kappa shape index (κ1) is 13.8. The highest BCUT2D eigenvalue weighted by molar-refractivity contribution is 5.83. The van der Waals surface area contributed by atoms with Gasteiger partial charge in [0, 0.05) is 30.2 Å². The van der Waals surface area contributed by atoms with E-state index in [2.05, 4.69) is 15.3 Å². The summed E-state index contributed by atoms with van der Waals surface area (Å²) in [6, 6.07) is 10.1. The Hall–Kier alpha value is -2.80. The number of pyridine rings is 1. The summed E-state index contributed by atoms with van der Waals surface area (Å²) in [5, 5.41) is 18.3. The average Bonchev–Trinajstić information content (AvgIpc) is 3.02. The largest absolute Gasteiger partial charge is 0.387 e. The Bertz CT molecular complexity index is 870. The minimum Gasteiger partial charge on any atom is -0.387 e. The van der Waals surface area contributed by atoms with E-state index in [4.69, 9.17) is 5.11 Å². The Labute approximate surface area is 132 Å². The van der Waals surface area contributed by atoms with E-state index in [0.717, 1.165) is 22.2 Å². The van der Waals surface area contributed by atoms with Gasteiger partial charge in [-0.1, -0.05) is 23.4 Å². The van der Waals surface area contributed by atoms with Crippen LogP contribution in [0.5, 0.6) is 0 Å². The highest BCUT2D eigenvalue weighted by atomic mass is 16.3. The van der Waals surface area contributed by atoms with Crippen molar-refractivity contribution in [3.8, 4) is 11.3 Å². The first-order valence-electron chi connectivity index (χ1n) is 7.40. The van der Waals surface area contributed by atoms with Gasteiger partial charge in [0.05, 0.1) is 17.8 Å². The maximum atomic E-state index is 11.3. The van der Waals surface area contributed by atoms with Gasteiger partial charge in [-0.2, -0.15) is 0 Å². The number of carbonyl (C=O) groups excluding carboxylic acids is 1. The molecule has 0 aliphatic carbocycles. The molecule has 1 amide bonds. The lowest BCUT2D eigenvalue weighted by Gasteiger charge is -2.38. The van der Waals surface area contributed by atoms with Gasteiger partial charge in [0.1, 0.15) is 12.3 Å². The van der Waals surface area contributed by atoms with E-state index in [-0.39, 0.29) is 11.9 Å². The Kier molecular flexibility index (Phi) is 3.27. The second-order valence-electron chi connectivity index (χ2n) is 5.61. The van der Waals surface area contributed by atoms with E-state index in [1.165, 1.54) is 0 Å². The van der Waals surface area contributed by atoms with Gasteiger partial charge in [-0.05, 0) is 12.1 Å². The lowest BCUT2D eigenvalue weighted by Crippen LogP contribution is -2.51. The first-order valence-corrected chi connectivity index (χ1v) is 7.40. The van der Waals surface area contributed by atoms with E-state index in [1.807, 2.05) is 36.5 Å². The van der Waals surface area contributed by atoms with Crippen molar-refractivity contribution in [3.63, 3.8) is 0 Å². The van der Waals surface area contributed by atoms with E-state index in [1.54, 1.807) is 15.8 Å². The Morgan fingerprint density at radius 1 is 1.30 bits per heavy atom. The van der Waals surface area contributed by atoms with E-state index in [0.29, 0.717) is 13.1 Å². The summed E-state index contributed by atoms with van der Waals surface area (Å²) in [7, 11) is 0. The summed E-state index contributed by atoms with van der Waals surface area (Å²) in [6.45, 7) is 0.669. The molecule has 4 rings (SSSR count). The molecule has 1 saturated heterocycles. The predicted octanol–water partition coefficient (Wildman–Crippen LogP) is 0.869. The topological polar surface area (TPSA) is 84.1 Å². The third-order valence-corrected chi connectivity index (χ3v) is 4.14. The Morgan fingerprint density at radius 2 is 2.17 bits per heavy atom. The molecule has 7 heteroatoms. The molecule has 0 bridgehead atoms. The van der Waals surface area contributed by atoms with E-state index < -0.39 is 6.61 Å². The standard InChI is InChI=1S/C16H15N5O2/c22-10-16(23)20-7-13(8-20)21-9-15(18-19-21)12-4-3-11-2-1-5-17-14(11)6-12/h1-6,9,13,22H,7-8,10H2. The number of hydrogen-bond donors (Lipinski definition) is 1. The summed E-state index contributed by atoms with van der Waals surface area (Å²) < 4.78 is 1.78. The fraction of sp³-hybridized carbons (Fsp3) is 0.250. The molecule has 23 heavy (non-hydrogen) atoms. The van der Waals surface area contributed by atoms with Gasteiger partial charge in [0.25, 0.3) is 0 Å². The molecule has 116 valence electrons. The van der Waals surface area contributed by atoms with Crippen molar-refractivity contribution in [2.45, 2.75) is 6.04 Å². The molecular weight excluding hydrogens is 294 g/mol. The van der Waals surface area contributed by atoms with Crippen molar-refractivity contribution < 1.29 is 9.90 Å². The summed E-state index contributed by atoms with van der Waals surface area (Å²) in [6.07, 6.45) is 3.65. The normalized spacial score (nSPS) is 14.9. The lowest BCUT2D eigenvalue weighted by atomic mass is 10.1. The van der Waals surface area contributed by atoms with Crippen LogP contribution in [0.3, 0.4) is 0 Å².